The van der Waals surface area contributed by atoms with Crippen molar-refractivity contribution < 1.29 is 4.79 Å². The van der Waals surface area contributed by atoms with Gasteiger partial charge in [-0.1, -0.05) is 19.1 Å². The first-order valence-electron chi connectivity index (χ1n) is 7.02. The van der Waals surface area contributed by atoms with E-state index in [0.717, 1.165) is 31.7 Å². The Morgan fingerprint density at radius 1 is 1.53 bits per heavy atom. The molecule has 1 amide bonds. The van der Waals surface area contributed by atoms with Crippen molar-refractivity contribution in [3.8, 4) is 0 Å². The van der Waals surface area contributed by atoms with Crippen molar-refractivity contribution in [3.05, 3.63) is 29.8 Å². The van der Waals surface area contributed by atoms with E-state index in [1.165, 1.54) is 5.56 Å². The molecule has 1 aromatic rings. The fourth-order valence-corrected chi connectivity index (χ4v) is 2.37. The summed E-state index contributed by atoms with van der Waals surface area (Å²) in [6, 6.07) is 8.47. The normalized spacial score (nSPS) is 20.2. The summed E-state index contributed by atoms with van der Waals surface area (Å²) in [6.07, 6.45) is 0.985. The van der Waals surface area contributed by atoms with Crippen molar-refractivity contribution in [1.29, 1.82) is 0 Å². The molecular weight excluding hydrogens is 238 g/mol. The van der Waals surface area contributed by atoms with Crippen molar-refractivity contribution in [3.63, 3.8) is 0 Å². The van der Waals surface area contributed by atoms with Gasteiger partial charge in [0, 0.05) is 31.4 Å². The van der Waals surface area contributed by atoms with Gasteiger partial charge in [0.25, 0.3) is 0 Å². The first-order chi connectivity index (χ1) is 9.19. The van der Waals surface area contributed by atoms with E-state index < -0.39 is 0 Å². The summed E-state index contributed by atoms with van der Waals surface area (Å²) in [5.74, 6) is 0.0713. The molecule has 0 bridgehead atoms. The van der Waals surface area contributed by atoms with E-state index in [-0.39, 0.29) is 5.91 Å². The first-order valence-corrected chi connectivity index (χ1v) is 7.02. The van der Waals surface area contributed by atoms with Crippen molar-refractivity contribution in [2.75, 3.05) is 31.5 Å². The molecule has 1 fully saturated rings. The van der Waals surface area contributed by atoms with Crippen LogP contribution in [0.5, 0.6) is 0 Å². The zero-order valence-electron chi connectivity index (χ0n) is 11.8. The number of nitrogens with one attached hydrogen (secondary N) is 2. The van der Waals surface area contributed by atoms with Gasteiger partial charge in [0.05, 0.1) is 6.54 Å². The molecule has 1 heterocycles. The second-order valence-electron chi connectivity index (χ2n) is 5.13. The van der Waals surface area contributed by atoms with Crippen LogP contribution in [0.2, 0.25) is 0 Å². The third-order valence-corrected chi connectivity index (χ3v) is 3.60. The summed E-state index contributed by atoms with van der Waals surface area (Å²) >= 11 is 0. The Morgan fingerprint density at radius 3 is 3.11 bits per heavy atom. The van der Waals surface area contributed by atoms with Gasteiger partial charge < -0.3 is 10.6 Å². The summed E-state index contributed by atoms with van der Waals surface area (Å²) in [7, 11) is 0. The van der Waals surface area contributed by atoms with Crippen molar-refractivity contribution >= 4 is 11.6 Å². The van der Waals surface area contributed by atoms with Crippen LogP contribution in [0.25, 0.3) is 0 Å². The molecule has 4 heteroatoms. The van der Waals surface area contributed by atoms with E-state index in [4.69, 9.17) is 0 Å². The molecule has 0 aliphatic carbocycles. The molecule has 0 aromatic heterocycles. The Morgan fingerprint density at radius 2 is 2.37 bits per heavy atom. The number of carbonyl (C=O) groups is 1. The maximum atomic E-state index is 12.1. The number of piperazine rings is 1. The summed E-state index contributed by atoms with van der Waals surface area (Å²) < 4.78 is 0. The highest BCUT2D eigenvalue weighted by molar-refractivity contribution is 5.92. The Balaban J connectivity index is 1.89. The number of hydrogen-bond acceptors (Lipinski definition) is 3. The highest BCUT2D eigenvalue weighted by atomic mass is 16.2. The Hall–Kier alpha value is -1.39. The van der Waals surface area contributed by atoms with Crippen molar-refractivity contribution in [2.45, 2.75) is 26.3 Å². The van der Waals surface area contributed by atoms with Crippen molar-refractivity contribution in [1.82, 2.24) is 10.2 Å². The fraction of sp³-hybridized carbons (Fsp3) is 0.533. The van der Waals surface area contributed by atoms with E-state index in [1.807, 2.05) is 18.2 Å². The molecule has 0 spiro atoms. The molecule has 1 aromatic carbocycles. The number of amides is 1. The predicted molar refractivity (Wildman–Crippen MR) is 78.4 cm³/mol. The van der Waals surface area contributed by atoms with Gasteiger partial charge in [0.1, 0.15) is 0 Å². The first kappa shape index (κ1) is 14.0. The number of anilines is 1. The number of aryl methyl sites for hydroxylation is 1. The number of nitrogens with zero attached hydrogens (tertiary/aromatic N) is 1. The Bertz CT molecular complexity index is 433. The fourth-order valence-electron chi connectivity index (χ4n) is 2.37. The van der Waals surface area contributed by atoms with Gasteiger partial charge in [0.2, 0.25) is 5.91 Å². The average molecular weight is 261 g/mol. The number of hydrogen-bond donors (Lipinski definition) is 2. The van der Waals surface area contributed by atoms with Gasteiger partial charge in [-0.25, -0.2) is 0 Å². The lowest BCUT2D eigenvalue weighted by molar-refractivity contribution is -0.118. The summed E-state index contributed by atoms with van der Waals surface area (Å²) in [5, 5.41) is 6.31. The van der Waals surface area contributed by atoms with Gasteiger partial charge in [-0.3, -0.25) is 9.69 Å². The molecule has 0 radical (unpaired) electrons. The third kappa shape index (κ3) is 4.04. The lowest BCUT2D eigenvalue weighted by Gasteiger charge is -2.33. The summed E-state index contributed by atoms with van der Waals surface area (Å²) in [5.41, 5.74) is 2.14. The quantitative estimate of drug-likeness (QED) is 0.863. The largest absolute Gasteiger partial charge is 0.325 e. The van der Waals surface area contributed by atoms with Gasteiger partial charge >= 0.3 is 0 Å². The zero-order valence-corrected chi connectivity index (χ0v) is 11.8. The van der Waals surface area contributed by atoms with Gasteiger partial charge in [-0.2, -0.15) is 0 Å². The van der Waals surface area contributed by atoms with E-state index in [1.54, 1.807) is 0 Å². The standard InChI is InChI=1S/C15H23N3O/c1-3-13-5-4-6-14(9-13)17-15(19)11-18-8-7-16-10-12(18)2/h4-6,9,12,16H,3,7-8,10-11H2,1-2H3,(H,17,19)/t12-/m0/s1. The van der Waals surface area contributed by atoms with Crippen LogP contribution in [0.3, 0.4) is 0 Å². The van der Waals surface area contributed by atoms with Crippen LogP contribution >= 0.6 is 0 Å². The van der Waals surface area contributed by atoms with Crippen LogP contribution in [0, 0.1) is 0 Å². The molecule has 19 heavy (non-hydrogen) atoms. The van der Waals surface area contributed by atoms with Crippen LogP contribution in [0.15, 0.2) is 24.3 Å². The SMILES string of the molecule is CCc1cccc(NC(=O)CN2CCNC[C@@H]2C)c1. The lowest BCUT2D eigenvalue weighted by atomic mass is 10.1. The van der Waals surface area contributed by atoms with E-state index in [0.29, 0.717) is 12.6 Å². The Kier molecular flexibility index (Phi) is 4.93. The highest BCUT2D eigenvalue weighted by Crippen LogP contribution is 2.11. The average Bonchev–Trinajstić information content (AvgIpc) is 2.41. The maximum Gasteiger partial charge on any atom is 0.238 e. The Labute approximate surface area is 115 Å². The number of benzene rings is 1. The minimum absolute atomic E-state index is 0.0713. The van der Waals surface area contributed by atoms with Crippen LogP contribution in [0.1, 0.15) is 19.4 Å². The van der Waals surface area contributed by atoms with Gasteiger partial charge in [0.15, 0.2) is 0 Å². The lowest BCUT2D eigenvalue weighted by Crippen LogP contribution is -2.51. The monoisotopic (exact) mass is 261 g/mol. The third-order valence-electron chi connectivity index (χ3n) is 3.60. The molecule has 4 nitrogen and oxygen atoms in total. The number of rotatable bonds is 4. The van der Waals surface area contributed by atoms with Gasteiger partial charge in [-0.05, 0) is 31.0 Å². The van der Waals surface area contributed by atoms with Gasteiger partial charge in [-0.15, -0.1) is 0 Å². The van der Waals surface area contributed by atoms with Crippen LogP contribution in [-0.2, 0) is 11.2 Å². The maximum absolute atomic E-state index is 12.1. The van der Waals surface area contributed by atoms with Crippen molar-refractivity contribution in [2.24, 2.45) is 0 Å². The van der Waals surface area contributed by atoms with E-state index in [2.05, 4.69) is 35.4 Å². The zero-order chi connectivity index (χ0) is 13.7. The molecule has 1 aliphatic heterocycles. The predicted octanol–water partition coefficient (Wildman–Crippen LogP) is 1.48. The molecular formula is C15H23N3O. The minimum atomic E-state index is 0.0713. The molecule has 0 unspecified atom stereocenters. The van der Waals surface area contributed by atoms with E-state index >= 15 is 0 Å². The second-order valence-corrected chi connectivity index (χ2v) is 5.13. The van der Waals surface area contributed by atoms with Crippen LogP contribution < -0.4 is 10.6 Å². The summed E-state index contributed by atoms with van der Waals surface area (Å²) in [6.45, 7) is 7.59. The molecule has 1 saturated heterocycles. The second kappa shape index (κ2) is 6.68. The number of carbonyl (C=O) groups excluding carboxylic acids is 1. The molecule has 104 valence electrons. The summed E-state index contributed by atoms with van der Waals surface area (Å²) in [4.78, 5) is 14.3. The smallest absolute Gasteiger partial charge is 0.238 e. The molecule has 2 N–H and O–H groups in total. The van der Waals surface area contributed by atoms with E-state index in [9.17, 15) is 4.79 Å². The highest BCUT2D eigenvalue weighted by Gasteiger charge is 2.20. The van der Waals surface area contributed by atoms with Crippen LogP contribution in [0.4, 0.5) is 5.69 Å². The van der Waals surface area contributed by atoms with Crippen LogP contribution in [-0.4, -0.2) is 43.0 Å². The minimum Gasteiger partial charge on any atom is -0.325 e. The molecule has 1 aliphatic rings. The molecule has 0 saturated carbocycles. The molecule has 1 atom stereocenters. The molecule has 2 rings (SSSR count). The topological polar surface area (TPSA) is 44.4 Å².